The summed E-state index contributed by atoms with van der Waals surface area (Å²) in [5, 5.41) is 14.4. The molecule has 2 atom stereocenters. The zero-order chi connectivity index (χ0) is 26.0. The largest absolute Gasteiger partial charge is 0.391 e. The van der Waals surface area contributed by atoms with Gasteiger partial charge in [-0.1, -0.05) is 24.3 Å². The highest BCUT2D eigenvalue weighted by atomic mass is 19.1. The molecule has 8 nitrogen and oxygen atoms in total. The van der Waals surface area contributed by atoms with Crippen molar-refractivity contribution in [3.8, 4) is 11.3 Å². The predicted molar refractivity (Wildman–Crippen MR) is 141 cm³/mol. The minimum Gasteiger partial charge on any atom is -0.391 e. The molecule has 38 heavy (non-hydrogen) atoms. The fraction of sp³-hybridized carbons (Fsp3) is 0.379. The number of benzene rings is 2. The van der Waals surface area contributed by atoms with Crippen molar-refractivity contribution >= 4 is 17.2 Å². The van der Waals surface area contributed by atoms with Gasteiger partial charge in [-0.2, -0.15) is 0 Å². The van der Waals surface area contributed by atoms with E-state index in [4.69, 9.17) is 9.97 Å². The lowest BCUT2D eigenvalue weighted by atomic mass is 9.93. The lowest BCUT2D eigenvalue weighted by molar-refractivity contribution is 0.0662. The Morgan fingerprint density at radius 1 is 1.08 bits per heavy atom. The van der Waals surface area contributed by atoms with E-state index in [9.17, 15) is 9.90 Å². The van der Waals surface area contributed by atoms with Crippen LogP contribution in [0.1, 0.15) is 65.6 Å². The van der Waals surface area contributed by atoms with Crippen LogP contribution in [-0.4, -0.2) is 61.2 Å². The van der Waals surface area contributed by atoms with Crippen molar-refractivity contribution in [2.75, 3.05) is 24.5 Å². The first-order valence-electron chi connectivity index (χ1n) is 13.4. The molecule has 4 aromatic rings. The Morgan fingerprint density at radius 2 is 1.92 bits per heavy atom. The molecule has 2 aromatic carbocycles. The van der Waals surface area contributed by atoms with Gasteiger partial charge >= 0.3 is 0 Å². The molecule has 2 aliphatic heterocycles. The number of fused-ring (bicyclic) bond motifs is 2. The smallest absolute Gasteiger partial charge is 0.294 e. The summed E-state index contributed by atoms with van der Waals surface area (Å²) in [6.07, 6.45) is 4.76. The average Bonchev–Trinajstić information content (AvgIpc) is 3.53. The third kappa shape index (κ3) is 3.93. The molecule has 0 radical (unpaired) electrons. The summed E-state index contributed by atoms with van der Waals surface area (Å²) in [6, 6.07) is 13.2. The van der Waals surface area contributed by atoms with E-state index >= 15 is 4.39 Å². The lowest BCUT2D eigenvalue weighted by Gasteiger charge is -2.34. The number of anilines is 1. The van der Waals surface area contributed by atoms with Crippen LogP contribution in [-0.2, 0) is 6.42 Å². The molecule has 1 aliphatic carbocycles. The number of nitrogens with zero attached hydrogens (tertiary/aromatic N) is 6. The summed E-state index contributed by atoms with van der Waals surface area (Å²) in [7, 11) is 0. The Morgan fingerprint density at radius 3 is 2.68 bits per heavy atom. The maximum Gasteiger partial charge on any atom is 0.294 e. The molecule has 2 fully saturated rings. The van der Waals surface area contributed by atoms with E-state index in [1.54, 1.807) is 16.8 Å². The van der Waals surface area contributed by atoms with Crippen LogP contribution in [0.4, 0.5) is 10.1 Å². The normalized spacial score (nSPS) is 21.2. The molecular formula is C29H29FN6O2. The van der Waals surface area contributed by atoms with Gasteiger partial charge in [-0.05, 0) is 61.9 Å². The Kier molecular flexibility index (Phi) is 5.43. The van der Waals surface area contributed by atoms with Crippen LogP contribution in [0.15, 0.2) is 48.7 Å². The van der Waals surface area contributed by atoms with E-state index < -0.39 is 0 Å². The zero-order valence-corrected chi connectivity index (χ0v) is 21.2. The van der Waals surface area contributed by atoms with Gasteiger partial charge < -0.3 is 14.9 Å². The third-order valence-corrected chi connectivity index (χ3v) is 8.11. The molecule has 1 N–H and O–H groups in total. The van der Waals surface area contributed by atoms with Crippen molar-refractivity contribution in [2.24, 2.45) is 0 Å². The number of amides is 1. The van der Waals surface area contributed by atoms with Crippen molar-refractivity contribution < 1.29 is 14.3 Å². The summed E-state index contributed by atoms with van der Waals surface area (Å²) >= 11 is 0. The van der Waals surface area contributed by atoms with Gasteiger partial charge in [0.1, 0.15) is 5.82 Å². The number of β-amino-alcohol motifs (C(OH)–C–C–N with tert-alkyl or cyclic N) is 1. The highest BCUT2D eigenvalue weighted by Crippen LogP contribution is 2.41. The summed E-state index contributed by atoms with van der Waals surface area (Å²) < 4.78 is 16.9. The van der Waals surface area contributed by atoms with E-state index in [0.717, 1.165) is 36.2 Å². The number of aliphatic hydroxyl groups is 1. The Balaban J connectivity index is 1.23. The Bertz CT molecular complexity index is 1560. The average molecular weight is 513 g/mol. The summed E-state index contributed by atoms with van der Waals surface area (Å²) in [5.41, 5.74) is 5.32. The van der Waals surface area contributed by atoms with Gasteiger partial charge in [-0.25, -0.2) is 18.9 Å². The maximum atomic E-state index is 15.3. The van der Waals surface area contributed by atoms with Gasteiger partial charge in [0.2, 0.25) is 5.82 Å². The molecule has 1 amide bonds. The van der Waals surface area contributed by atoms with Crippen molar-refractivity contribution in [3.63, 3.8) is 0 Å². The summed E-state index contributed by atoms with van der Waals surface area (Å²) in [4.78, 5) is 26.9. The number of hydrogen-bond acceptors (Lipinski definition) is 6. The minimum absolute atomic E-state index is 0.0706. The molecule has 1 saturated carbocycles. The number of aliphatic hydroxyl groups excluding tert-OH is 1. The lowest BCUT2D eigenvalue weighted by Crippen LogP contribution is -2.40. The Hall–Kier alpha value is -3.85. The van der Waals surface area contributed by atoms with Gasteiger partial charge in [0.15, 0.2) is 5.65 Å². The van der Waals surface area contributed by atoms with Crippen LogP contribution in [0.5, 0.6) is 0 Å². The minimum atomic E-state index is -0.384. The van der Waals surface area contributed by atoms with Crippen molar-refractivity contribution in [1.29, 1.82) is 0 Å². The molecule has 4 heterocycles. The molecule has 194 valence electrons. The first-order valence-corrected chi connectivity index (χ1v) is 13.4. The number of halogens is 1. The van der Waals surface area contributed by atoms with Crippen molar-refractivity contribution in [1.82, 2.24) is 24.5 Å². The summed E-state index contributed by atoms with van der Waals surface area (Å²) in [6.45, 7) is 3.86. The molecule has 0 unspecified atom stereocenters. The van der Waals surface area contributed by atoms with Gasteiger partial charge in [0.05, 0.1) is 29.7 Å². The third-order valence-electron chi connectivity index (χ3n) is 8.11. The number of aromatic nitrogens is 4. The first kappa shape index (κ1) is 23.3. The topological polar surface area (TPSA) is 86.9 Å². The second-order valence-corrected chi connectivity index (χ2v) is 10.7. The van der Waals surface area contributed by atoms with Crippen molar-refractivity contribution in [3.05, 3.63) is 77.1 Å². The quantitative estimate of drug-likeness (QED) is 0.442. The maximum absolute atomic E-state index is 15.3. The number of rotatable bonds is 4. The van der Waals surface area contributed by atoms with Crippen LogP contribution in [0.3, 0.4) is 0 Å². The van der Waals surface area contributed by atoms with Crippen LogP contribution < -0.4 is 4.90 Å². The molecule has 2 aromatic heterocycles. The SMILES string of the molecule is C[C@@H]1c2ccccc2CCN1C(=O)c1nc(C2CC2)c2nc(-c3ccc(N4CC[C@@H](O)C4)cc3F)cn2n1. The monoisotopic (exact) mass is 512 g/mol. The van der Waals surface area contributed by atoms with E-state index in [0.29, 0.717) is 43.0 Å². The molecule has 7 rings (SSSR count). The molecule has 1 saturated heterocycles. The molecular weight excluding hydrogens is 483 g/mol. The van der Waals surface area contributed by atoms with E-state index in [2.05, 4.69) is 17.2 Å². The predicted octanol–water partition coefficient (Wildman–Crippen LogP) is 4.14. The second-order valence-electron chi connectivity index (χ2n) is 10.7. The van der Waals surface area contributed by atoms with Gasteiger partial charge in [-0.3, -0.25) is 4.79 Å². The fourth-order valence-corrected chi connectivity index (χ4v) is 5.82. The van der Waals surface area contributed by atoms with Crippen LogP contribution in [0.2, 0.25) is 0 Å². The van der Waals surface area contributed by atoms with Crippen molar-refractivity contribution in [2.45, 2.75) is 50.7 Å². The van der Waals surface area contributed by atoms with Gasteiger partial charge in [0, 0.05) is 36.8 Å². The standard InChI is InChI=1S/C29H29FN6O2/c1-17-22-5-3-2-4-18(22)10-13-35(17)29(38)27-32-26(19-6-7-19)28-31-25(16-36(28)33-27)23-9-8-20(14-24(23)30)34-12-11-21(37)15-34/h2-5,8-9,14,16-17,19,21,37H,6-7,10-13,15H2,1H3/t17-,21-/m1/s1. The highest BCUT2D eigenvalue weighted by Gasteiger charge is 2.34. The Labute approximate surface area is 219 Å². The number of hydrogen-bond donors (Lipinski definition) is 1. The molecule has 3 aliphatic rings. The van der Waals surface area contributed by atoms with Crippen LogP contribution >= 0.6 is 0 Å². The number of imidazole rings is 1. The molecule has 9 heteroatoms. The molecule has 0 spiro atoms. The fourth-order valence-electron chi connectivity index (χ4n) is 5.82. The van der Waals surface area contributed by atoms with Gasteiger partial charge in [0.25, 0.3) is 5.91 Å². The van der Waals surface area contributed by atoms with Crippen LogP contribution in [0.25, 0.3) is 16.9 Å². The summed E-state index contributed by atoms with van der Waals surface area (Å²) in [5.74, 6) is -0.201. The number of carbonyl (C=O) groups excluding carboxylic acids is 1. The van der Waals surface area contributed by atoms with E-state index in [1.807, 2.05) is 34.9 Å². The van der Waals surface area contributed by atoms with E-state index in [1.165, 1.54) is 11.6 Å². The zero-order valence-electron chi connectivity index (χ0n) is 21.2. The molecule has 0 bridgehead atoms. The van der Waals surface area contributed by atoms with Crippen LogP contribution in [0, 0.1) is 5.82 Å². The highest BCUT2D eigenvalue weighted by molar-refractivity contribution is 5.91. The van der Waals surface area contributed by atoms with E-state index in [-0.39, 0.29) is 35.6 Å². The second kappa shape index (κ2) is 8.87. The first-order chi connectivity index (χ1) is 18.5. The number of carbonyl (C=O) groups is 1. The van der Waals surface area contributed by atoms with Gasteiger partial charge in [-0.15, -0.1) is 5.10 Å².